The van der Waals surface area contributed by atoms with Crippen LogP contribution in [-0.4, -0.2) is 22.9 Å². The fourth-order valence-corrected chi connectivity index (χ4v) is 3.10. The number of nitrogens with zero attached hydrogens (tertiary/aromatic N) is 2. The van der Waals surface area contributed by atoms with Crippen LogP contribution in [0.1, 0.15) is 46.2 Å². The zero-order valence-corrected chi connectivity index (χ0v) is 15.5. The van der Waals surface area contributed by atoms with Crippen LogP contribution < -0.4 is 0 Å². The highest BCUT2D eigenvalue weighted by Gasteiger charge is 2.27. The third-order valence-corrected chi connectivity index (χ3v) is 4.65. The Balaban J connectivity index is 1.71. The minimum absolute atomic E-state index is 0.123. The molecule has 1 aliphatic carbocycles. The van der Waals surface area contributed by atoms with Crippen molar-refractivity contribution in [3.05, 3.63) is 64.0 Å². The largest absolute Gasteiger partial charge is 0.453 e. The summed E-state index contributed by atoms with van der Waals surface area (Å²) in [5.41, 5.74) is 2.38. The molecule has 1 saturated carbocycles. The molecule has 28 heavy (non-hydrogen) atoms. The molecule has 1 heterocycles. The molecule has 1 aromatic carbocycles. The summed E-state index contributed by atoms with van der Waals surface area (Å²) in [6.07, 6.45) is 3.66. The van der Waals surface area contributed by atoms with E-state index in [4.69, 9.17) is 4.74 Å². The number of benzene rings is 1. The number of aryl methyl sites for hydroxylation is 1. The molecule has 0 bridgehead atoms. The van der Waals surface area contributed by atoms with E-state index in [1.807, 2.05) is 19.9 Å². The number of esters is 1. The molecule has 2 aromatic rings. The SMILES string of the molecule is Cc1cc(/C=C(\C#N)C(=O)OCC(=O)c2ccc(F)c(F)c2)c(C)n1C1CC1. The van der Waals surface area contributed by atoms with Gasteiger partial charge in [-0.1, -0.05) is 0 Å². The van der Waals surface area contributed by atoms with E-state index in [0.717, 1.165) is 48.0 Å². The van der Waals surface area contributed by atoms with Crippen LogP contribution in [-0.2, 0) is 9.53 Å². The van der Waals surface area contributed by atoms with Gasteiger partial charge in [0.15, 0.2) is 24.0 Å². The van der Waals surface area contributed by atoms with Gasteiger partial charge in [0.05, 0.1) is 0 Å². The van der Waals surface area contributed by atoms with E-state index < -0.39 is 30.0 Å². The number of carbonyl (C=O) groups excluding carboxylic acids is 2. The van der Waals surface area contributed by atoms with Crippen LogP contribution in [0.3, 0.4) is 0 Å². The summed E-state index contributed by atoms with van der Waals surface area (Å²) >= 11 is 0. The van der Waals surface area contributed by atoms with Gasteiger partial charge in [-0.15, -0.1) is 0 Å². The highest BCUT2D eigenvalue weighted by molar-refractivity contribution is 6.02. The second kappa shape index (κ2) is 7.77. The number of ether oxygens (including phenoxy) is 1. The molecule has 0 N–H and O–H groups in total. The first-order valence-corrected chi connectivity index (χ1v) is 8.77. The number of nitriles is 1. The molecule has 3 rings (SSSR count). The highest BCUT2D eigenvalue weighted by atomic mass is 19.2. The van der Waals surface area contributed by atoms with Crippen LogP contribution in [0.4, 0.5) is 8.78 Å². The van der Waals surface area contributed by atoms with Crippen molar-refractivity contribution >= 4 is 17.8 Å². The summed E-state index contributed by atoms with van der Waals surface area (Å²) < 4.78 is 33.2. The number of hydrogen-bond acceptors (Lipinski definition) is 4. The molecular formula is C21H18F2N2O3. The Morgan fingerprint density at radius 1 is 1.25 bits per heavy atom. The topological polar surface area (TPSA) is 72.1 Å². The van der Waals surface area contributed by atoms with E-state index in [1.54, 1.807) is 6.07 Å². The van der Waals surface area contributed by atoms with Crippen molar-refractivity contribution in [1.29, 1.82) is 5.26 Å². The Morgan fingerprint density at radius 2 is 1.96 bits per heavy atom. The lowest BCUT2D eigenvalue weighted by Gasteiger charge is -2.07. The number of aromatic nitrogens is 1. The number of rotatable bonds is 6. The van der Waals surface area contributed by atoms with Gasteiger partial charge >= 0.3 is 5.97 Å². The van der Waals surface area contributed by atoms with Crippen LogP contribution in [0.5, 0.6) is 0 Å². The minimum atomic E-state index is -1.17. The van der Waals surface area contributed by atoms with E-state index in [-0.39, 0.29) is 11.1 Å². The first kappa shape index (κ1) is 19.5. The quantitative estimate of drug-likeness (QED) is 0.326. The van der Waals surface area contributed by atoms with Crippen molar-refractivity contribution in [2.24, 2.45) is 0 Å². The molecule has 144 valence electrons. The Bertz CT molecular complexity index is 1030. The first-order valence-electron chi connectivity index (χ1n) is 8.77. The molecule has 5 nitrogen and oxygen atoms in total. The van der Waals surface area contributed by atoms with Crippen molar-refractivity contribution in [2.75, 3.05) is 6.61 Å². The summed E-state index contributed by atoms with van der Waals surface area (Å²) in [5.74, 6) is -3.89. The van der Waals surface area contributed by atoms with Gasteiger partial charge in [-0.2, -0.15) is 5.26 Å². The zero-order valence-electron chi connectivity index (χ0n) is 15.5. The van der Waals surface area contributed by atoms with Crippen LogP contribution in [0.25, 0.3) is 6.08 Å². The van der Waals surface area contributed by atoms with Gasteiger partial charge in [0.1, 0.15) is 11.6 Å². The zero-order chi connectivity index (χ0) is 20.4. The second-order valence-corrected chi connectivity index (χ2v) is 6.73. The van der Waals surface area contributed by atoms with Gasteiger partial charge in [-0.05, 0) is 62.6 Å². The van der Waals surface area contributed by atoms with E-state index >= 15 is 0 Å². The van der Waals surface area contributed by atoms with Gasteiger partial charge in [0, 0.05) is 23.0 Å². The molecule has 1 fully saturated rings. The summed E-state index contributed by atoms with van der Waals surface area (Å²) in [6.45, 7) is 3.21. The summed E-state index contributed by atoms with van der Waals surface area (Å²) in [7, 11) is 0. The van der Waals surface area contributed by atoms with Gasteiger partial charge in [0.2, 0.25) is 0 Å². The van der Waals surface area contributed by atoms with E-state index in [0.29, 0.717) is 6.04 Å². The summed E-state index contributed by atoms with van der Waals surface area (Å²) in [6, 6.07) is 6.80. The summed E-state index contributed by atoms with van der Waals surface area (Å²) in [5, 5.41) is 9.29. The monoisotopic (exact) mass is 384 g/mol. The van der Waals surface area contributed by atoms with E-state index in [1.165, 1.54) is 6.08 Å². The Morgan fingerprint density at radius 3 is 2.57 bits per heavy atom. The lowest BCUT2D eigenvalue weighted by molar-refractivity contribution is -0.137. The Labute approximate surface area is 160 Å². The molecule has 0 unspecified atom stereocenters. The lowest BCUT2D eigenvalue weighted by Crippen LogP contribution is -2.15. The van der Waals surface area contributed by atoms with Crippen molar-refractivity contribution in [1.82, 2.24) is 4.57 Å². The predicted molar refractivity (Wildman–Crippen MR) is 97.4 cm³/mol. The van der Waals surface area contributed by atoms with Gasteiger partial charge < -0.3 is 9.30 Å². The standard InChI is InChI=1S/C21H18F2N2O3/c1-12-7-15(13(2)25(12)17-4-5-17)8-16(10-24)21(27)28-11-20(26)14-3-6-18(22)19(23)9-14/h3,6-9,17H,4-5,11H2,1-2H3/b16-8+. The molecule has 1 aromatic heterocycles. The van der Waals surface area contributed by atoms with Crippen molar-refractivity contribution in [3.63, 3.8) is 0 Å². The molecular weight excluding hydrogens is 366 g/mol. The normalized spacial score (nSPS) is 13.9. The van der Waals surface area contributed by atoms with Crippen LogP contribution in [0.15, 0.2) is 29.8 Å². The maximum absolute atomic E-state index is 13.2. The van der Waals surface area contributed by atoms with Gasteiger partial charge in [-0.25, -0.2) is 13.6 Å². The maximum atomic E-state index is 13.2. The molecule has 7 heteroatoms. The number of hydrogen-bond donors (Lipinski definition) is 0. The predicted octanol–water partition coefficient (Wildman–Crippen LogP) is 4.05. The van der Waals surface area contributed by atoms with Crippen LogP contribution >= 0.6 is 0 Å². The van der Waals surface area contributed by atoms with Crippen LogP contribution in [0, 0.1) is 36.8 Å². The molecule has 0 atom stereocenters. The first-order chi connectivity index (χ1) is 13.3. The molecule has 0 radical (unpaired) electrons. The average molecular weight is 384 g/mol. The summed E-state index contributed by atoms with van der Waals surface area (Å²) in [4.78, 5) is 24.2. The van der Waals surface area contributed by atoms with Gasteiger partial charge in [0.25, 0.3) is 0 Å². The minimum Gasteiger partial charge on any atom is -0.453 e. The second-order valence-electron chi connectivity index (χ2n) is 6.73. The van der Waals surface area contributed by atoms with Crippen LogP contribution in [0.2, 0.25) is 0 Å². The van der Waals surface area contributed by atoms with E-state index in [9.17, 15) is 23.6 Å². The third kappa shape index (κ3) is 4.01. The fourth-order valence-electron chi connectivity index (χ4n) is 3.10. The molecule has 0 aliphatic heterocycles. The van der Waals surface area contributed by atoms with Crippen molar-refractivity contribution < 1.29 is 23.1 Å². The molecule has 0 amide bonds. The van der Waals surface area contributed by atoms with Gasteiger partial charge in [-0.3, -0.25) is 4.79 Å². The smallest absolute Gasteiger partial charge is 0.349 e. The van der Waals surface area contributed by atoms with Crippen molar-refractivity contribution in [2.45, 2.75) is 32.7 Å². The Kier molecular flexibility index (Phi) is 5.41. The average Bonchev–Trinajstić information content (AvgIpc) is 3.45. The highest BCUT2D eigenvalue weighted by Crippen LogP contribution is 2.38. The number of Topliss-reactive ketones (excluding diaryl/α,β-unsaturated/α-hetero) is 1. The van der Waals surface area contributed by atoms with E-state index in [2.05, 4.69) is 4.57 Å². The molecule has 0 saturated heterocycles. The Hall–Kier alpha value is -3.27. The number of halogens is 2. The molecule has 0 spiro atoms. The number of carbonyl (C=O) groups is 2. The number of ketones is 1. The molecule has 1 aliphatic rings. The lowest BCUT2D eigenvalue weighted by atomic mass is 10.1. The maximum Gasteiger partial charge on any atom is 0.349 e. The van der Waals surface area contributed by atoms with Crippen molar-refractivity contribution in [3.8, 4) is 6.07 Å². The third-order valence-electron chi connectivity index (χ3n) is 4.65. The fraction of sp³-hybridized carbons (Fsp3) is 0.286.